The van der Waals surface area contributed by atoms with Gasteiger partial charge in [-0.15, -0.1) is 0 Å². The van der Waals surface area contributed by atoms with Crippen molar-refractivity contribution in [1.82, 2.24) is 5.32 Å². The largest absolute Gasteiger partial charge is 0.380 e. The van der Waals surface area contributed by atoms with E-state index in [0.29, 0.717) is 0 Å². The van der Waals surface area contributed by atoms with Crippen molar-refractivity contribution in [2.24, 2.45) is 4.99 Å². The van der Waals surface area contributed by atoms with Gasteiger partial charge in [-0.2, -0.15) is 0 Å². The summed E-state index contributed by atoms with van der Waals surface area (Å²) >= 11 is 0. The highest BCUT2D eigenvalue weighted by atomic mass is 15.1. The van der Waals surface area contributed by atoms with Crippen LogP contribution in [0.3, 0.4) is 0 Å². The topological polar surface area (TPSA) is 27.6 Å². The van der Waals surface area contributed by atoms with Gasteiger partial charge < -0.3 is 10.2 Å². The summed E-state index contributed by atoms with van der Waals surface area (Å²) in [5.74, 6) is 0. The molecule has 76 valence electrons. The Labute approximate surface area is 85.5 Å². The first-order valence-corrected chi connectivity index (χ1v) is 4.76. The second kappa shape index (κ2) is 6.02. The number of nitrogens with zero attached hydrogens (tertiary/aromatic N) is 2. The number of rotatable bonds is 5. The highest BCUT2D eigenvalue weighted by Crippen LogP contribution is 2.09. The average Bonchev–Trinajstić information content (AvgIpc) is 2.25. The molecule has 0 unspecified atom stereocenters. The molecule has 0 atom stereocenters. The van der Waals surface area contributed by atoms with Crippen LogP contribution in [0.5, 0.6) is 0 Å². The van der Waals surface area contributed by atoms with E-state index in [9.17, 15) is 0 Å². The second-order valence-electron chi connectivity index (χ2n) is 3.08. The summed E-state index contributed by atoms with van der Waals surface area (Å²) < 4.78 is 0. The Morgan fingerprint density at radius 3 is 2.71 bits per heavy atom. The lowest BCUT2D eigenvalue weighted by Crippen LogP contribution is -2.20. The second-order valence-corrected chi connectivity index (χ2v) is 3.08. The summed E-state index contributed by atoms with van der Waals surface area (Å²) in [5.41, 5.74) is 1.23. The molecular weight excluding hydrogens is 174 g/mol. The van der Waals surface area contributed by atoms with Gasteiger partial charge in [0.2, 0.25) is 0 Å². The Morgan fingerprint density at radius 2 is 2.07 bits per heavy atom. The Balaban J connectivity index is 2.36. The van der Waals surface area contributed by atoms with E-state index < -0.39 is 0 Å². The van der Waals surface area contributed by atoms with Crippen molar-refractivity contribution >= 4 is 12.0 Å². The molecule has 0 saturated carbocycles. The zero-order chi connectivity index (χ0) is 10.2. The van der Waals surface area contributed by atoms with Crippen LogP contribution in [0.2, 0.25) is 0 Å². The summed E-state index contributed by atoms with van der Waals surface area (Å²) in [7, 11) is 3.93. The summed E-state index contributed by atoms with van der Waals surface area (Å²) in [5, 5.41) is 2.87. The summed E-state index contributed by atoms with van der Waals surface area (Å²) in [4.78, 5) is 6.37. The minimum absolute atomic E-state index is 0.812. The zero-order valence-electron chi connectivity index (χ0n) is 8.77. The monoisotopic (exact) mass is 191 g/mol. The van der Waals surface area contributed by atoms with E-state index in [4.69, 9.17) is 0 Å². The van der Waals surface area contributed by atoms with Gasteiger partial charge in [0.05, 0.1) is 12.9 Å². The lowest BCUT2D eigenvalue weighted by Gasteiger charge is -2.17. The van der Waals surface area contributed by atoms with Gasteiger partial charge in [-0.3, -0.25) is 4.99 Å². The number of aliphatic imine (C=N–C) groups is 1. The van der Waals surface area contributed by atoms with Gasteiger partial charge in [0.1, 0.15) is 0 Å². The van der Waals surface area contributed by atoms with E-state index in [2.05, 4.69) is 34.4 Å². The van der Waals surface area contributed by atoms with Crippen LogP contribution in [-0.4, -0.2) is 33.5 Å². The Morgan fingerprint density at radius 1 is 1.36 bits per heavy atom. The first-order valence-electron chi connectivity index (χ1n) is 4.76. The van der Waals surface area contributed by atoms with Crippen LogP contribution in [0.1, 0.15) is 0 Å². The smallest absolute Gasteiger partial charge is 0.0822 e. The van der Waals surface area contributed by atoms with Crippen LogP contribution in [-0.2, 0) is 0 Å². The summed E-state index contributed by atoms with van der Waals surface area (Å²) in [6.07, 6.45) is 1.72. The van der Waals surface area contributed by atoms with E-state index in [-0.39, 0.29) is 0 Å². The van der Waals surface area contributed by atoms with Crippen molar-refractivity contribution in [3.05, 3.63) is 30.3 Å². The molecule has 1 N–H and O–H groups in total. The van der Waals surface area contributed by atoms with E-state index >= 15 is 0 Å². The fourth-order valence-corrected chi connectivity index (χ4v) is 1.18. The predicted molar refractivity (Wildman–Crippen MR) is 62.1 cm³/mol. The summed E-state index contributed by atoms with van der Waals surface area (Å²) in [6.45, 7) is 1.74. The standard InChI is InChI=1S/C11H17N3/c1-12-10-13-8-9-14(2)11-6-4-3-5-7-11/h3-7,10H,8-9H2,1-2H3,(H,12,13). The normalized spacial score (nSPS) is 10.4. The quantitative estimate of drug-likeness (QED) is 0.562. The molecule has 0 saturated heterocycles. The van der Waals surface area contributed by atoms with E-state index in [1.807, 2.05) is 25.2 Å². The molecule has 0 aliphatic heterocycles. The molecule has 0 spiro atoms. The third-order valence-corrected chi connectivity index (χ3v) is 1.98. The molecule has 14 heavy (non-hydrogen) atoms. The van der Waals surface area contributed by atoms with Crippen LogP contribution in [0.25, 0.3) is 0 Å². The maximum Gasteiger partial charge on any atom is 0.0822 e. The number of likely N-dealkylation sites (N-methyl/N-ethyl adjacent to an activating group) is 1. The molecule has 0 bridgehead atoms. The Kier molecular flexibility index (Phi) is 4.55. The molecule has 0 aromatic heterocycles. The molecule has 0 heterocycles. The van der Waals surface area contributed by atoms with E-state index in [1.165, 1.54) is 5.69 Å². The summed E-state index contributed by atoms with van der Waals surface area (Å²) in [6, 6.07) is 10.3. The lowest BCUT2D eigenvalue weighted by molar-refractivity contribution is 0.884. The number of para-hydroxylation sites is 1. The van der Waals surface area contributed by atoms with Crippen LogP contribution in [0, 0.1) is 0 Å². The molecular formula is C11H17N3. The number of anilines is 1. The maximum absolute atomic E-state index is 4.18. The number of hydrogen-bond donors (Lipinski definition) is 1. The Hall–Kier alpha value is -1.51. The van der Waals surface area contributed by atoms with Crippen LogP contribution in [0.4, 0.5) is 5.69 Å². The highest BCUT2D eigenvalue weighted by molar-refractivity contribution is 5.53. The van der Waals surface area contributed by atoms with Crippen molar-refractivity contribution < 1.29 is 0 Å². The molecule has 1 aromatic rings. The molecule has 0 amide bonds. The third-order valence-electron chi connectivity index (χ3n) is 1.98. The van der Waals surface area contributed by atoms with Gasteiger partial charge in [-0.05, 0) is 12.1 Å². The number of benzene rings is 1. The molecule has 1 aromatic carbocycles. The van der Waals surface area contributed by atoms with Gasteiger partial charge in [-0.25, -0.2) is 0 Å². The number of hydrogen-bond acceptors (Lipinski definition) is 2. The molecule has 1 rings (SSSR count). The first kappa shape index (κ1) is 10.6. The molecule has 3 heteroatoms. The lowest BCUT2D eigenvalue weighted by atomic mass is 10.3. The minimum atomic E-state index is 0.812. The SMILES string of the molecule is CN/C=N/CCN(C)c1ccccc1. The van der Waals surface area contributed by atoms with E-state index in [1.54, 1.807) is 6.34 Å². The van der Waals surface area contributed by atoms with Gasteiger partial charge in [0.25, 0.3) is 0 Å². The molecule has 0 aliphatic carbocycles. The van der Waals surface area contributed by atoms with Crippen LogP contribution in [0.15, 0.2) is 35.3 Å². The van der Waals surface area contributed by atoms with Crippen LogP contribution < -0.4 is 10.2 Å². The highest BCUT2D eigenvalue weighted by Gasteiger charge is 1.96. The first-order chi connectivity index (χ1) is 6.84. The van der Waals surface area contributed by atoms with Crippen molar-refractivity contribution in [1.29, 1.82) is 0 Å². The predicted octanol–water partition coefficient (Wildman–Crippen LogP) is 1.37. The fraction of sp³-hybridized carbons (Fsp3) is 0.364. The van der Waals surface area contributed by atoms with Gasteiger partial charge in [-0.1, -0.05) is 18.2 Å². The third kappa shape index (κ3) is 3.47. The van der Waals surface area contributed by atoms with Crippen molar-refractivity contribution in [2.45, 2.75) is 0 Å². The minimum Gasteiger partial charge on any atom is -0.380 e. The molecule has 3 nitrogen and oxygen atoms in total. The fourth-order valence-electron chi connectivity index (χ4n) is 1.18. The van der Waals surface area contributed by atoms with Crippen molar-refractivity contribution in [3.8, 4) is 0 Å². The van der Waals surface area contributed by atoms with Crippen LogP contribution >= 0.6 is 0 Å². The maximum atomic E-state index is 4.18. The van der Waals surface area contributed by atoms with Gasteiger partial charge in [0, 0.05) is 26.3 Å². The van der Waals surface area contributed by atoms with E-state index in [0.717, 1.165) is 13.1 Å². The Bertz CT molecular complexity index is 269. The molecule has 0 radical (unpaired) electrons. The average molecular weight is 191 g/mol. The number of nitrogens with one attached hydrogen (secondary N) is 1. The van der Waals surface area contributed by atoms with Crippen molar-refractivity contribution in [3.63, 3.8) is 0 Å². The van der Waals surface area contributed by atoms with Crippen molar-refractivity contribution in [2.75, 3.05) is 32.1 Å². The molecule has 0 aliphatic rings. The zero-order valence-corrected chi connectivity index (χ0v) is 8.77. The molecule has 0 fully saturated rings. The van der Waals surface area contributed by atoms with Gasteiger partial charge in [0.15, 0.2) is 0 Å². The van der Waals surface area contributed by atoms with Gasteiger partial charge >= 0.3 is 0 Å².